The summed E-state index contributed by atoms with van der Waals surface area (Å²) in [5.74, 6) is -10.5. The van der Waals surface area contributed by atoms with Crippen LogP contribution in [0.3, 0.4) is 0 Å². The molecule has 0 aliphatic carbocycles. The van der Waals surface area contributed by atoms with Gasteiger partial charge in [0.05, 0.1) is 6.42 Å². The molecule has 1 amide bonds. The number of benzene rings is 2. The van der Waals surface area contributed by atoms with Crippen molar-refractivity contribution >= 4 is 17.8 Å². The number of hydrogen-bond acceptors (Lipinski definition) is 6. The van der Waals surface area contributed by atoms with Crippen LogP contribution in [0.2, 0.25) is 0 Å². The van der Waals surface area contributed by atoms with Gasteiger partial charge in [0.15, 0.2) is 23.2 Å². The standard InChI is InChI=1S/C23H23F4NO6/c1-23(2,3)34-18(30)10-16(28-22(31)33-11-13-7-5-4-6-8-13)17(29)12-32-21-19(26)14(24)9-15(25)20(21)27/h4-9,16H,10-12H2,1-3H3,(H,28,31)/t16-/m0/s1. The Bertz CT molecular complexity index is 1010. The Kier molecular flexibility index (Phi) is 8.99. The van der Waals surface area contributed by atoms with Crippen molar-refractivity contribution in [2.24, 2.45) is 0 Å². The number of amides is 1. The van der Waals surface area contributed by atoms with Crippen LogP contribution in [-0.4, -0.2) is 36.1 Å². The first-order valence-electron chi connectivity index (χ1n) is 10.0. The van der Waals surface area contributed by atoms with Crippen LogP contribution in [0.5, 0.6) is 5.75 Å². The molecule has 0 aliphatic heterocycles. The molecule has 1 N–H and O–H groups in total. The summed E-state index contributed by atoms with van der Waals surface area (Å²) in [5.41, 5.74) is -0.254. The fourth-order valence-corrected chi connectivity index (χ4v) is 2.62. The van der Waals surface area contributed by atoms with E-state index < -0.39 is 71.5 Å². The first kappa shape index (κ1) is 26.6. The third kappa shape index (κ3) is 8.05. The van der Waals surface area contributed by atoms with E-state index in [2.05, 4.69) is 10.1 Å². The Morgan fingerprint density at radius 2 is 1.56 bits per heavy atom. The van der Waals surface area contributed by atoms with E-state index in [1.165, 1.54) is 0 Å². The second-order valence-electron chi connectivity index (χ2n) is 8.10. The molecule has 0 saturated heterocycles. The Labute approximate surface area is 193 Å². The minimum atomic E-state index is -1.84. The van der Waals surface area contributed by atoms with E-state index in [-0.39, 0.29) is 12.7 Å². The van der Waals surface area contributed by atoms with E-state index in [0.717, 1.165) is 0 Å². The molecule has 34 heavy (non-hydrogen) atoms. The van der Waals surface area contributed by atoms with E-state index in [1.807, 2.05) is 0 Å². The van der Waals surface area contributed by atoms with Crippen molar-refractivity contribution in [3.05, 3.63) is 65.2 Å². The summed E-state index contributed by atoms with van der Waals surface area (Å²) in [4.78, 5) is 36.9. The monoisotopic (exact) mass is 485 g/mol. The van der Waals surface area contributed by atoms with E-state index in [1.54, 1.807) is 51.1 Å². The minimum absolute atomic E-state index is 0.0189. The van der Waals surface area contributed by atoms with Gasteiger partial charge in [0.25, 0.3) is 0 Å². The minimum Gasteiger partial charge on any atom is -0.479 e. The summed E-state index contributed by atoms with van der Waals surface area (Å²) in [6, 6.07) is 6.97. The van der Waals surface area contributed by atoms with Gasteiger partial charge < -0.3 is 19.5 Å². The van der Waals surface area contributed by atoms with Crippen molar-refractivity contribution in [3.63, 3.8) is 0 Å². The molecular formula is C23H23F4NO6. The zero-order valence-electron chi connectivity index (χ0n) is 18.6. The first-order valence-corrected chi connectivity index (χ1v) is 10.0. The predicted octanol–water partition coefficient (Wildman–Crippen LogP) is 4.22. The fourth-order valence-electron chi connectivity index (χ4n) is 2.62. The molecule has 0 saturated carbocycles. The van der Waals surface area contributed by atoms with Gasteiger partial charge in [-0.3, -0.25) is 9.59 Å². The second-order valence-corrected chi connectivity index (χ2v) is 8.10. The Morgan fingerprint density at radius 1 is 0.971 bits per heavy atom. The maximum Gasteiger partial charge on any atom is 0.408 e. The van der Waals surface area contributed by atoms with Crippen molar-refractivity contribution in [2.75, 3.05) is 6.61 Å². The summed E-state index contributed by atoms with van der Waals surface area (Å²) in [5, 5.41) is 2.16. The van der Waals surface area contributed by atoms with Crippen LogP contribution in [0.1, 0.15) is 32.8 Å². The summed E-state index contributed by atoms with van der Waals surface area (Å²) < 4.78 is 69.0. The van der Waals surface area contributed by atoms with E-state index >= 15 is 0 Å². The average molecular weight is 485 g/mol. The molecule has 0 aromatic heterocycles. The molecule has 11 heteroatoms. The second kappa shape index (κ2) is 11.5. The van der Waals surface area contributed by atoms with Crippen molar-refractivity contribution in [1.82, 2.24) is 5.32 Å². The van der Waals surface area contributed by atoms with Crippen molar-refractivity contribution < 1.29 is 46.2 Å². The van der Waals surface area contributed by atoms with Gasteiger partial charge in [-0.25, -0.2) is 13.6 Å². The Balaban J connectivity index is 2.10. The maximum atomic E-state index is 13.8. The normalized spacial score (nSPS) is 12.0. The topological polar surface area (TPSA) is 90.9 Å². The molecule has 0 aliphatic rings. The lowest BCUT2D eigenvalue weighted by molar-refractivity contribution is -0.156. The highest BCUT2D eigenvalue weighted by Crippen LogP contribution is 2.26. The molecule has 184 valence electrons. The van der Waals surface area contributed by atoms with Gasteiger partial charge in [-0.05, 0) is 26.3 Å². The molecule has 0 heterocycles. The van der Waals surface area contributed by atoms with Gasteiger partial charge in [-0.2, -0.15) is 8.78 Å². The zero-order valence-corrected chi connectivity index (χ0v) is 18.6. The Morgan fingerprint density at radius 3 is 2.12 bits per heavy atom. The molecule has 0 fully saturated rings. The van der Waals surface area contributed by atoms with Crippen LogP contribution in [0.25, 0.3) is 0 Å². The number of nitrogens with one attached hydrogen (secondary N) is 1. The van der Waals surface area contributed by atoms with E-state index in [9.17, 15) is 31.9 Å². The molecule has 7 nitrogen and oxygen atoms in total. The SMILES string of the molecule is CC(C)(C)OC(=O)C[C@H](NC(=O)OCc1ccccc1)C(=O)COc1c(F)c(F)cc(F)c1F. The largest absolute Gasteiger partial charge is 0.479 e. The van der Waals surface area contributed by atoms with Crippen LogP contribution in [0.4, 0.5) is 22.4 Å². The first-order chi connectivity index (χ1) is 15.9. The summed E-state index contributed by atoms with van der Waals surface area (Å²) >= 11 is 0. The van der Waals surface area contributed by atoms with Crippen LogP contribution in [0.15, 0.2) is 36.4 Å². The molecule has 2 rings (SSSR count). The number of hydrogen-bond donors (Lipinski definition) is 1. The van der Waals surface area contributed by atoms with Crippen molar-refractivity contribution in [3.8, 4) is 5.75 Å². The fraction of sp³-hybridized carbons (Fsp3) is 0.348. The maximum absolute atomic E-state index is 13.8. The highest BCUT2D eigenvalue weighted by atomic mass is 19.2. The van der Waals surface area contributed by atoms with Gasteiger partial charge in [0, 0.05) is 6.07 Å². The number of ketones is 1. The van der Waals surface area contributed by atoms with Crippen molar-refractivity contribution in [2.45, 2.75) is 45.4 Å². The number of esters is 1. The molecule has 0 unspecified atom stereocenters. The van der Waals surface area contributed by atoms with Gasteiger partial charge in [-0.1, -0.05) is 30.3 Å². The smallest absolute Gasteiger partial charge is 0.408 e. The number of halogens is 4. The summed E-state index contributed by atoms with van der Waals surface area (Å²) in [6.45, 7) is 3.47. The number of carbonyl (C=O) groups is 3. The van der Waals surface area contributed by atoms with Crippen LogP contribution in [0, 0.1) is 23.3 Å². The number of Topliss-reactive ketones (excluding diaryl/α,β-unsaturated/α-hetero) is 1. The molecule has 0 radical (unpaired) electrons. The molecule has 1 atom stereocenters. The summed E-state index contributed by atoms with van der Waals surface area (Å²) in [6.07, 6.45) is -1.73. The summed E-state index contributed by atoms with van der Waals surface area (Å²) in [7, 11) is 0. The number of ether oxygens (including phenoxy) is 3. The number of rotatable bonds is 9. The lowest BCUT2D eigenvalue weighted by atomic mass is 10.1. The quantitative estimate of drug-likeness (QED) is 0.325. The molecule has 0 spiro atoms. The highest BCUT2D eigenvalue weighted by Gasteiger charge is 2.29. The van der Waals surface area contributed by atoms with Crippen LogP contribution in [-0.2, 0) is 25.7 Å². The van der Waals surface area contributed by atoms with Gasteiger partial charge in [0.2, 0.25) is 11.6 Å². The number of carbonyl (C=O) groups excluding carboxylic acids is 3. The van der Waals surface area contributed by atoms with Gasteiger partial charge in [-0.15, -0.1) is 0 Å². The zero-order chi connectivity index (χ0) is 25.5. The average Bonchev–Trinajstić information content (AvgIpc) is 2.75. The van der Waals surface area contributed by atoms with Gasteiger partial charge in [0.1, 0.15) is 24.9 Å². The third-order valence-electron chi connectivity index (χ3n) is 4.11. The van der Waals surface area contributed by atoms with E-state index in [4.69, 9.17) is 9.47 Å². The molecule has 0 bridgehead atoms. The van der Waals surface area contributed by atoms with E-state index in [0.29, 0.717) is 5.56 Å². The molecule has 2 aromatic carbocycles. The van der Waals surface area contributed by atoms with Gasteiger partial charge >= 0.3 is 12.1 Å². The van der Waals surface area contributed by atoms with Crippen LogP contribution >= 0.6 is 0 Å². The highest BCUT2D eigenvalue weighted by molar-refractivity contribution is 5.92. The third-order valence-corrected chi connectivity index (χ3v) is 4.11. The Hall–Kier alpha value is -3.63. The number of alkyl carbamates (subject to hydrolysis) is 1. The van der Waals surface area contributed by atoms with Crippen LogP contribution < -0.4 is 10.1 Å². The lowest BCUT2D eigenvalue weighted by Crippen LogP contribution is -2.45. The van der Waals surface area contributed by atoms with Crippen molar-refractivity contribution in [1.29, 1.82) is 0 Å². The lowest BCUT2D eigenvalue weighted by Gasteiger charge is -2.22. The molecular weight excluding hydrogens is 462 g/mol. The predicted molar refractivity (Wildman–Crippen MR) is 111 cm³/mol. The molecule has 2 aromatic rings.